The van der Waals surface area contributed by atoms with E-state index >= 15 is 0 Å². The Morgan fingerprint density at radius 1 is 1.42 bits per heavy atom. The highest BCUT2D eigenvalue weighted by Crippen LogP contribution is 2.19. The number of hydrogen-bond donors (Lipinski definition) is 0. The topological polar surface area (TPSA) is 57.0 Å². The number of ketones is 1. The molecule has 0 amide bonds. The average molecular weight is 259 g/mol. The quantitative estimate of drug-likeness (QED) is 0.786. The van der Waals surface area contributed by atoms with E-state index in [1.54, 1.807) is 23.0 Å². The molecule has 5 nitrogen and oxygen atoms in total. The van der Waals surface area contributed by atoms with Gasteiger partial charge in [0.25, 0.3) is 0 Å². The zero-order chi connectivity index (χ0) is 14.0. The molecule has 2 rings (SSSR count). The Bertz CT molecular complexity index is 617. The molecule has 0 N–H and O–H groups in total. The van der Waals surface area contributed by atoms with Gasteiger partial charge in [-0.3, -0.25) is 9.48 Å². The summed E-state index contributed by atoms with van der Waals surface area (Å²) in [5, 5.41) is 4.31. The Hall–Kier alpha value is -2.17. The fourth-order valence-electron chi connectivity index (χ4n) is 2.08. The number of aromatic nitrogens is 3. The molecule has 0 radical (unpaired) electrons. The second kappa shape index (κ2) is 5.22. The Kier molecular flexibility index (Phi) is 3.64. The maximum absolute atomic E-state index is 12.3. The molecule has 0 aliphatic rings. The van der Waals surface area contributed by atoms with E-state index < -0.39 is 0 Å². The van der Waals surface area contributed by atoms with Crippen LogP contribution < -0.4 is 4.74 Å². The van der Waals surface area contributed by atoms with Crippen LogP contribution in [-0.2, 0) is 13.5 Å². The van der Waals surface area contributed by atoms with Crippen LogP contribution in [0.25, 0.3) is 0 Å². The average Bonchev–Trinajstić information content (AvgIpc) is 2.65. The number of Topliss-reactive ketones (excluding diaryl/α,β-unsaturated/α-hetero) is 1. The van der Waals surface area contributed by atoms with Crippen molar-refractivity contribution in [3.8, 4) is 5.75 Å². The van der Waals surface area contributed by atoms with Crippen LogP contribution in [0.3, 0.4) is 0 Å². The normalized spacial score (nSPS) is 10.5. The van der Waals surface area contributed by atoms with Gasteiger partial charge < -0.3 is 4.74 Å². The van der Waals surface area contributed by atoms with Gasteiger partial charge in [-0.25, -0.2) is 4.98 Å². The molecule has 0 bridgehead atoms. The van der Waals surface area contributed by atoms with E-state index in [0.717, 1.165) is 17.0 Å². The minimum atomic E-state index is -0.0587. The Balaban J connectivity index is 2.31. The fraction of sp³-hybridized carbons (Fsp3) is 0.357. The molecule has 0 fully saturated rings. The summed E-state index contributed by atoms with van der Waals surface area (Å²) >= 11 is 0. The number of rotatable bonds is 4. The summed E-state index contributed by atoms with van der Waals surface area (Å²) in [6.07, 6.45) is 1.89. The van der Waals surface area contributed by atoms with Gasteiger partial charge >= 0.3 is 0 Å². The molecule has 0 atom stereocenters. The zero-order valence-corrected chi connectivity index (χ0v) is 11.6. The molecule has 0 spiro atoms. The van der Waals surface area contributed by atoms with Crippen LogP contribution in [0.4, 0.5) is 0 Å². The van der Waals surface area contributed by atoms with Gasteiger partial charge in [-0.2, -0.15) is 5.10 Å². The van der Waals surface area contributed by atoms with E-state index in [1.807, 2.05) is 20.9 Å². The van der Waals surface area contributed by atoms with Gasteiger partial charge in [-0.1, -0.05) is 0 Å². The number of hydrogen-bond acceptors (Lipinski definition) is 4. The van der Waals surface area contributed by atoms with E-state index in [-0.39, 0.29) is 5.78 Å². The minimum absolute atomic E-state index is 0.0587. The molecule has 0 aromatic carbocycles. The SMILES string of the molecule is COc1cccnc1C(=O)Cc1c(C)nn(C)c1C. The zero-order valence-electron chi connectivity index (χ0n) is 11.6. The van der Waals surface area contributed by atoms with Crippen molar-refractivity contribution >= 4 is 5.78 Å². The first kappa shape index (κ1) is 13.3. The lowest BCUT2D eigenvalue weighted by Gasteiger charge is -2.06. The molecular formula is C14H17N3O2. The highest BCUT2D eigenvalue weighted by atomic mass is 16.5. The van der Waals surface area contributed by atoms with E-state index in [4.69, 9.17) is 4.74 Å². The Labute approximate surface area is 112 Å². The first-order valence-electron chi connectivity index (χ1n) is 6.06. The fourth-order valence-corrected chi connectivity index (χ4v) is 2.08. The van der Waals surface area contributed by atoms with Crippen LogP contribution in [-0.4, -0.2) is 27.7 Å². The number of carbonyl (C=O) groups excluding carboxylic acids is 1. The molecule has 2 aromatic rings. The van der Waals surface area contributed by atoms with E-state index in [0.29, 0.717) is 17.9 Å². The minimum Gasteiger partial charge on any atom is -0.494 e. The summed E-state index contributed by atoms with van der Waals surface area (Å²) in [7, 11) is 3.41. The number of ether oxygens (including phenoxy) is 1. The van der Waals surface area contributed by atoms with Gasteiger partial charge in [-0.15, -0.1) is 0 Å². The summed E-state index contributed by atoms with van der Waals surface area (Å²) in [6, 6.07) is 3.49. The molecule has 2 aromatic heterocycles. The third-order valence-electron chi connectivity index (χ3n) is 3.25. The molecule has 2 heterocycles. The number of nitrogens with zero attached hydrogens (tertiary/aromatic N) is 3. The summed E-state index contributed by atoms with van der Waals surface area (Å²) in [5.74, 6) is 0.448. The Morgan fingerprint density at radius 2 is 2.16 bits per heavy atom. The van der Waals surface area contributed by atoms with Gasteiger partial charge in [0.2, 0.25) is 0 Å². The standard InChI is InChI=1S/C14H17N3O2/c1-9-11(10(2)17(3)16-9)8-12(18)14-13(19-4)6-5-7-15-14/h5-7H,8H2,1-4H3. The second-order valence-corrected chi connectivity index (χ2v) is 4.43. The molecule has 0 saturated carbocycles. The van der Waals surface area contributed by atoms with Gasteiger partial charge in [-0.05, 0) is 26.0 Å². The first-order valence-corrected chi connectivity index (χ1v) is 6.06. The Morgan fingerprint density at radius 3 is 2.74 bits per heavy atom. The van der Waals surface area contributed by atoms with Crippen LogP contribution in [0.1, 0.15) is 27.4 Å². The van der Waals surface area contributed by atoms with Crippen molar-refractivity contribution in [2.45, 2.75) is 20.3 Å². The lowest BCUT2D eigenvalue weighted by Crippen LogP contribution is -2.09. The van der Waals surface area contributed by atoms with Crippen LogP contribution >= 0.6 is 0 Å². The summed E-state index contributed by atoms with van der Waals surface area (Å²) < 4.78 is 6.95. The molecule has 100 valence electrons. The molecule has 5 heteroatoms. The van der Waals surface area contributed by atoms with Crippen molar-refractivity contribution in [1.29, 1.82) is 0 Å². The molecule has 0 aliphatic carbocycles. The van der Waals surface area contributed by atoms with Crippen LogP contribution in [0.15, 0.2) is 18.3 Å². The van der Waals surface area contributed by atoms with Crippen molar-refractivity contribution in [1.82, 2.24) is 14.8 Å². The largest absolute Gasteiger partial charge is 0.494 e. The maximum Gasteiger partial charge on any atom is 0.189 e. The van der Waals surface area contributed by atoms with Crippen molar-refractivity contribution in [2.24, 2.45) is 7.05 Å². The van der Waals surface area contributed by atoms with Crippen molar-refractivity contribution in [3.05, 3.63) is 41.0 Å². The summed E-state index contributed by atoms with van der Waals surface area (Å²) in [5.41, 5.74) is 3.21. The van der Waals surface area contributed by atoms with Crippen LogP contribution in [0, 0.1) is 13.8 Å². The third-order valence-corrected chi connectivity index (χ3v) is 3.25. The summed E-state index contributed by atoms with van der Waals surface area (Å²) in [4.78, 5) is 16.4. The van der Waals surface area contributed by atoms with Crippen molar-refractivity contribution < 1.29 is 9.53 Å². The van der Waals surface area contributed by atoms with Gasteiger partial charge in [0.1, 0.15) is 11.4 Å². The molecule has 19 heavy (non-hydrogen) atoms. The molecule has 0 aliphatic heterocycles. The van der Waals surface area contributed by atoms with Gasteiger partial charge in [0, 0.05) is 30.9 Å². The smallest absolute Gasteiger partial charge is 0.189 e. The highest BCUT2D eigenvalue weighted by molar-refractivity contribution is 5.98. The number of aryl methyl sites for hydroxylation is 2. The second-order valence-electron chi connectivity index (χ2n) is 4.43. The maximum atomic E-state index is 12.3. The van der Waals surface area contributed by atoms with Gasteiger partial charge in [0.05, 0.1) is 12.8 Å². The van der Waals surface area contributed by atoms with E-state index in [9.17, 15) is 4.79 Å². The first-order chi connectivity index (χ1) is 9.04. The van der Waals surface area contributed by atoms with Crippen LogP contribution in [0.2, 0.25) is 0 Å². The summed E-state index contributed by atoms with van der Waals surface area (Å²) in [6.45, 7) is 3.86. The molecule has 0 saturated heterocycles. The van der Waals surface area contributed by atoms with Crippen molar-refractivity contribution in [3.63, 3.8) is 0 Å². The van der Waals surface area contributed by atoms with E-state index in [1.165, 1.54) is 7.11 Å². The lowest BCUT2D eigenvalue weighted by molar-refractivity contribution is 0.0984. The van der Waals surface area contributed by atoms with Crippen LogP contribution in [0.5, 0.6) is 5.75 Å². The molecular weight excluding hydrogens is 242 g/mol. The van der Waals surface area contributed by atoms with E-state index in [2.05, 4.69) is 10.1 Å². The number of carbonyl (C=O) groups is 1. The highest BCUT2D eigenvalue weighted by Gasteiger charge is 2.18. The monoisotopic (exact) mass is 259 g/mol. The predicted molar refractivity (Wildman–Crippen MR) is 71.5 cm³/mol. The van der Waals surface area contributed by atoms with Gasteiger partial charge in [0.15, 0.2) is 5.78 Å². The molecule has 0 unspecified atom stereocenters. The lowest BCUT2D eigenvalue weighted by atomic mass is 10.0. The predicted octanol–water partition coefficient (Wildman–Crippen LogP) is 1.87. The number of methoxy groups -OCH3 is 1. The number of pyridine rings is 1. The third kappa shape index (κ3) is 2.50. The van der Waals surface area contributed by atoms with Crippen molar-refractivity contribution in [2.75, 3.05) is 7.11 Å².